The first-order valence-electron chi connectivity index (χ1n) is 7.87. The molecule has 0 radical (unpaired) electrons. The minimum absolute atomic E-state index is 0.170. The molecule has 1 atom stereocenters. The van der Waals surface area contributed by atoms with Crippen LogP contribution in [-0.4, -0.2) is 6.54 Å². The lowest BCUT2D eigenvalue weighted by molar-refractivity contribution is 0.465. The average Bonchev–Trinajstić information content (AvgIpc) is 2.45. The van der Waals surface area contributed by atoms with Gasteiger partial charge in [0.1, 0.15) is 5.82 Å². The van der Waals surface area contributed by atoms with Crippen LogP contribution in [0.1, 0.15) is 70.4 Å². The quantitative estimate of drug-likeness (QED) is 0.514. The Kier molecular flexibility index (Phi) is 9.12. The summed E-state index contributed by atoms with van der Waals surface area (Å²) in [6, 6.07) is 5.76. The van der Waals surface area contributed by atoms with Crippen LogP contribution in [0.25, 0.3) is 0 Å². The van der Waals surface area contributed by atoms with Gasteiger partial charge in [0, 0.05) is 6.04 Å². The van der Waals surface area contributed by atoms with E-state index in [2.05, 4.69) is 35.1 Å². The van der Waals surface area contributed by atoms with E-state index in [1.165, 1.54) is 32.1 Å². The highest BCUT2D eigenvalue weighted by molar-refractivity contribution is 9.10. The van der Waals surface area contributed by atoms with Crippen LogP contribution in [0.3, 0.4) is 0 Å². The molecule has 0 spiro atoms. The predicted molar refractivity (Wildman–Crippen MR) is 88.5 cm³/mol. The maximum atomic E-state index is 13.7. The molecule has 1 nitrogen and oxygen atoms in total. The van der Waals surface area contributed by atoms with Crippen molar-refractivity contribution in [2.45, 2.75) is 64.8 Å². The van der Waals surface area contributed by atoms with Gasteiger partial charge < -0.3 is 5.32 Å². The summed E-state index contributed by atoms with van der Waals surface area (Å²) in [6.07, 6.45) is 8.58. The van der Waals surface area contributed by atoms with E-state index in [0.29, 0.717) is 4.47 Å². The fourth-order valence-electron chi connectivity index (χ4n) is 2.39. The molecule has 1 N–H and O–H groups in total. The molecule has 0 aliphatic carbocycles. The van der Waals surface area contributed by atoms with Crippen molar-refractivity contribution < 1.29 is 4.39 Å². The Morgan fingerprint density at radius 3 is 2.50 bits per heavy atom. The summed E-state index contributed by atoms with van der Waals surface area (Å²) in [5.41, 5.74) is 1.06. The number of hydrogen-bond acceptors (Lipinski definition) is 1. The van der Waals surface area contributed by atoms with Gasteiger partial charge in [0.25, 0.3) is 0 Å². The van der Waals surface area contributed by atoms with Crippen molar-refractivity contribution in [3.8, 4) is 0 Å². The van der Waals surface area contributed by atoms with Gasteiger partial charge >= 0.3 is 0 Å². The Balaban J connectivity index is 2.55. The standard InChI is InChI=1S/C17H27BrFN/c1-3-5-6-7-8-9-17(20-12-4-2)14-10-11-15(18)16(19)13-14/h10-11,13,17,20H,3-9,12H2,1-2H3. The summed E-state index contributed by atoms with van der Waals surface area (Å²) in [5.74, 6) is -0.170. The smallest absolute Gasteiger partial charge is 0.137 e. The van der Waals surface area contributed by atoms with E-state index in [1.807, 2.05) is 12.1 Å². The second kappa shape index (κ2) is 10.3. The maximum absolute atomic E-state index is 13.7. The van der Waals surface area contributed by atoms with E-state index < -0.39 is 0 Å². The van der Waals surface area contributed by atoms with Crippen molar-refractivity contribution in [1.82, 2.24) is 5.32 Å². The summed E-state index contributed by atoms with van der Waals surface area (Å²) in [6.45, 7) is 5.38. The van der Waals surface area contributed by atoms with Crippen LogP contribution in [0.4, 0.5) is 4.39 Å². The van der Waals surface area contributed by atoms with E-state index in [1.54, 1.807) is 6.07 Å². The van der Waals surface area contributed by atoms with Crippen LogP contribution in [0, 0.1) is 5.82 Å². The lowest BCUT2D eigenvalue weighted by atomic mass is 9.99. The topological polar surface area (TPSA) is 12.0 Å². The lowest BCUT2D eigenvalue weighted by Gasteiger charge is -2.19. The Morgan fingerprint density at radius 2 is 1.85 bits per heavy atom. The summed E-state index contributed by atoms with van der Waals surface area (Å²) >= 11 is 3.22. The number of benzene rings is 1. The highest BCUT2D eigenvalue weighted by Gasteiger charge is 2.12. The molecule has 1 rings (SSSR count). The Hall–Kier alpha value is -0.410. The van der Waals surface area contributed by atoms with Crippen molar-refractivity contribution >= 4 is 15.9 Å². The van der Waals surface area contributed by atoms with Crippen molar-refractivity contribution in [2.24, 2.45) is 0 Å². The predicted octanol–water partition coefficient (Wildman–Crippen LogP) is 5.99. The molecule has 1 aromatic carbocycles. The van der Waals surface area contributed by atoms with E-state index >= 15 is 0 Å². The third-order valence-electron chi connectivity index (χ3n) is 3.58. The van der Waals surface area contributed by atoms with Gasteiger partial charge in [-0.15, -0.1) is 0 Å². The van der Waals surface area contributed by atoms with E-state index in [9.17, 15) is 4.39 Å². The van der Waals surface area contributed by atoms with Crippen molar-refractivity contribution in [2.75, 3.05) is 6.54 Å². The van der Waals surface area contributed by atoms with Crippen LogP contribution in [0.5, 0.6) is 0 Å². The fraction of sp³-hybridized carbons (Fsp3) is 0.647. The Morgan fingerprint density at radius 1 is 1.10 bits per heavy atom. The monoisotopic (exact) mass is 343 g/mol. The van der Waals surface area contributed by atoms with Gasteiger partial charge in [-0.3, -0.25) is 0 Å². The van der Waals surface area contributed by atoms with Crippen molar-refractivity contribution in [3.63, 3.8) is 0 Å². The zero-order valence-corrected chi connectivity index (χ0v) is 14.3. The average molecular weight is 344 g/mol. The van der Waals surface area contributed by atoms with Crippen LogP contribution in [-0.2, 0) is 0 Å². The zero-order valence-electron chi connectivity index (χ0n) is 12.7. The molecule has 3 heteroatoms. The fourth-order valence-corrected chi connectivity index (χ4v) is 2.63. The van der Waals surface area contributed by atoms with Crippen molar-refractivity contribution in [3.05, 3.63) is 34.1 Å². The first kappa shape index (κ1) is 17.6. The van der Waals surface area contributed by atoms with Gasteiger partial charge in [-0.2, -0.15) is 0 Å². The molecule has 0 fully saturated rings. The molecular weight excluding hydrogens is 317 g/mol. The summed E-state index contributed by atoms with van der Waals surface area (Å²) in [4.78, 5) is 0. The second-order valence-electron chi connectivity index (χ2n) is 5.38. The number of halogens is 2. The van der Waals surface area contributed by atoms with Gasteiger partial charge in [-0.1, -0.05) is 52.0 Å². The minimum Gasteiger partial charge on any atom is -0.310 e. The Bertz CT molecular complexity index is 381. The van der Waals surface area contributed by atoms with Gasteiger partial charge in [-0.25, -0.2) is 4.39 Å². The molecule has 0 aliphatic rings. The molecule has 0 saturated carbocycles. The highest BCUT2D eigenvalue weighted by Crippen LogP contribution is 2.24. The molecule has 0 aliphatic heterocycles. The van der Waals surface area contributed by atoms with Gasteiger partial charge in [0.05, 0.1) is 4.47 Å². The molecule has 0 amide bonds. The van der Waals surface area contributed by atoms with Crippen LogP contribution in [0.15, 0.2) is 22.7 Å². The van der Waals surface area contributed by atoms with E-state index in [-0.39, 0.29) is 11.9 Å². The van der Waals surface area contributed by atoms with Gasteiger partial charge in [0.15, 0.2) is 0 Å². The number of rotatable bonds is 10. The SMILES string of the molecule is CCCCCCCC(NCCC)c1ccc(Br)c(F)c1. The second-order valence-corrected chi connectivity index (χ2v) is 6.24. The molecule has 0 saturated heterocycles. The molecule has 1 unspecified atom stereocenters. The maximum Gasteiger partial charge on any atom is 0.137 e. The molecule has 0 bridgehead atoms. The van der Waals surface area contributed by atoms with Crippen LogP contribution >= 0.6 is 15.9 Å². The zero-order chi connectivity index (χ0) is 14.8. The first-order chi connectivity index (χ1) is 9.69. The largest absolute Gasteiger partial charge is 0.310 e. The van der Waals surface area contributed by atoms with Crippen LogP contribution in [0.2, 0.25) is 0 Å². The lowest BCUT2D eigenvalue weighted by Crippen LogP contribution is -2.22. The number of nitrogens with one attached hydrogen (secondary N) is 1. The third kappa shape index (κ3) is 6.36. The minimum atomic E-state index is -0.170. The molecule has 0 aromatic heterocycles. The van der Waals surface area contributed by atoms with E-state index in [4.69, 9.17) is 0 Å². The number of unbranched alkanes of at least 4 members (excludes halogenated alkanes) is 4. The van der Waals surface area contributed by atoms with Gasteiger partial charge in [-0.05, 0) is 53.0 Å². The van der Waals surface area contributed by atoms with Crippen molar-refractivity contribution in [1.29, 1.82) is 0 Å². The van der Waals surface area contributed by atoms with Gasteiger partial charge in [0.2, 0.25) is 0 Å². The summed E-state index contributed by atoms with van der Waals surface area (Å²) in [7, 11) is 0. The molecule has 1 aromatic rings. The molecule has 114 valence electrons. The Labute approximate surface area is 131 Å². The molecule has 0 heterocycles. The first-order valence-corrected chi connectivity index (χ1v) is 8.66. The van der Waals surface area contributed by atoms with E-state index in [0.717, 1.165) is 24.9 Å². The molecule has 20 heavy (non-hydrogen) atoms. The molecular formula is C17H27BrFN. The number of hydrogen-bond donors (Lipinski definition) is 1. The summed E-state index contributed by atoms with van der Waals surface area (Å²) in [5, 5.41) is 3.54. The highest BCUT2D eigenvalue weighted by atomic mass is 79.9. The summed E-state index contributed by atoms with van der Waals surface area (Å²) < 4.78 is 14.2. The normalized spacial score (nSPS) is 12.6. The third-order valence-corrected chi connectivity index (χ3v) is 4.23. The van der Waals surface area contributed by atoms with Crippen LogP contribution < -0.4 is 5.32 Å².